The maximum Gasteiger partial charge on any atom is 0.270 e. The number of rotatable bonds is 7. The van der Waals surface area contributed by atoms with Gasteiger partial charge in [0.1, 0.15) is 11.4 Å². The Morgan fingerprint density at radius 1 is 1.06 bits per heavy atom. The van der Waals surface area contributed by atoms with Gasteiger partial charge in [0.2, 0.25) is 6.79 Å². The largest absolute Gasteiger partial charge is 0.493 e. The number of nitrogens with zero attached hydrogens (tertiary/aromatic N) is 3. The van der Waals surface area contributed by atoms with Crippen LogP contribution in [0, 0.1) is 0 Å². The summed E-state index contributed by atoms with van der Waals surface area (Å²) in [7, 11) is 0. The average Bonchev–Trinajstić information content (AvgIpc) is 3.48. The summed E-state index contributed by atoms with van der Waals surface area (Å²) >= 11 is 0. The SMILES string of the molecule is C/C=C\Cn1c(C(=O)N2CCN(Cc3ccc4c(c3)OCO4)CC2)cc2c(OCC)cccc21. The normalized spacial score (nSPS) is 16.0. The predicted octanol–water partition coefficient (Wildman–Crippen LogP) is 4.30. The maximum absolute atomic E-state index is 13.6. The summed E-state index contributed by atoms with van der Waals surface area (Å²) in [6, 6.07) is 14.1. The molecule has 0 saturated carbocycles. The topological polar surface area (TPSA) is 56.2 Å². The third-order valence-corrected chi connectivity index (χ3v) is 6.45. The van der Waals surface area contributed by atoms with E-state index in [2.05, 4.69) is 33.7 Å². The zero-order valence-electron chi connectivity index (χ0n) is 19.8. The highest BCUT2D eigenvalue weighted by Crippen LogP contribution is 2.33. The molecule has 0 aliphatic carbocycles. The lowest BCUT2D eigenvalue weighted by Crippen LogP contribution is -2.48. The van der Waals surface area contributed by atoms with Crippen LogP contribution >= 0.6 is 0 Å². The summed E-state index contributed by atoms with van der Waals surface area (Å²) in [6.45, 7) is 9.41. The number of allylic oxidation sites excluding steroid dienone is 2. The van der Waals surface area contributed by atoms with Gasteiger partial charge in [-0.25, -0.2) is 0 Å². The monoisotopic (exact) mass is 461 g/mol. The van der Waals surface area contributed by atoms with E-state index in [9.17, 15) is 4.79 Å². The molecule has 0 bridgehead atoms. The fourth-order valence-corrected chi connectivity index (χ4v) is 4.69. The summed E-state index contributed by atoms with van der Waals surface area (Å²) in [6.07, 6.45) is 4.09. The van der Waals surface area contributed by atoms with Crippen molar-refractivity contribution in [3.63, 3.8) is 0 Å². The van der Waals surface area contributed by atoms with E-state index in [0.717, 1.165) is 47.8 Å². The average molecular weight is 462 g/mol. The number of amides is 1. The summed E-state index contributed by atoms with van der Waals surface area (Å²) in [5.41, 5.74) is 2.93. The Morgan fingerprint density at radius 3 is 2.68 bits per heavy atom. The van der Waals surface area contributed by atoms with Crippen LogP contribution in [0.4, 0.5) is 0 Å². The fraction of sp³-hybridized carbons (Fsp3) is 0.370. The minimum atomic E-state index is 0.0749. The number of carbonyl (C=O) groups excluding carboxylic acids is 1. The van der Waals surface area contributed by atoms with Crippen molar-refractivity contribution in [3.05, 3.63) is 65.9 Å². The first kappa shape index (κ1) is 22.3. The number of piperazine rings is 1. The van der Waals surface area contributed by atoms with E-state index in [4.69, 9.17) is 14.2 Å². The van der Waals surface area contributed by atoms with Crippen LogP contribution in [0.5, 0.6) is 17.2 Å². The van der Waals surface area contributed by atoms with Crippen LogP contribution < -0.4 is 14.2 Å². The molecule has 5 rings (SSSR count). The molecule has 3 heterocycles. The number of fused-ring (bicyclic) bond motifs is 2. The quantitative estimate of drug-likeness (QED) is 0.491. The minimum absolute atomic E-state index is 0.0749. The van der Waals surface area contributed by atoms with Gasteiger partial charge < -0.3 is 23.7 Å². The number of carbonyl (C=O) groups is 1. The van der Waals surface area contributed by atoms with Crippen molar-refractivity contribution < 1.29 is 19.0 Å². The molecule has 0 unspecified atom stereocenters. The molecule has 3 aromatic rings. The van der Waals surface area contributed by atoms with Gasteiger partial charge in [-0.2, -0.15) is 0 Å². The maximum atomic E-state index is 13.6. The second kappa shape index (κ2) is 9.81. The molecular formula is C27H31N3O4. The van der Waals surface area contributed by atoms with Crippen molar-refractivity contribution >= 4 is 16.8 Å². The van der Waals surface area contributed by atoms with Crippen LogP contribution in [-0.2, 0) is 13.1 Å². The van der Waals surface area contributed by atoms with Gasteiger partial charge in [-0.15, -0.1) is 0 Å². The molecule has 178 valence electrons. The lowest BCUT2D eigenvalue weighted by Gasteiger charge is -2.35. The lowest BCUT2D eigenvalue weighted by molar-refractivity contribution is 0.0619. The molecule has 7 heteroatoms. The first-order valence-corrected chi connectivity index (χ1v) is 11.9. The zero-order valence-corrected chi connectivity index (χ0v) is 19.8. The molecule has 0 radical (unpaired) electrons. The Bertz CT molecular complexity index is 1210. The van der Waals surface area contributed by atoms with Crippen molar-refractivity contribution in [2.75, 3.05) is 39.6 Å². The van der Waals surface area contributed by atoms with Crippen molar-refractivity contribution in [3.8, 4) is 17.2 Å². The Balaban J connectivity index is 1.31. The van der Waals surface area contributed by atoms with Crippen LogP contribution in [0.3, 0.4) is 0 Å². The van der Waals surface area contributed by atoms with Gasteiger partial charge in [0, 0.05) is 44.7 Å². The molecule has 7 nitrogen and oxygen atoms in total. The molecular weight excluding hydrogens is 430 g/mol. The minimum Gasteiger partial charge on any atom is -0.493 e. The summed E-state index contributed by atoms with van der Waals surface area (Å²) in [5.74, 6) is 2.51. The molecule has 1 saturated heterocycles. The molecule has 34 heavy (non-hydrogen) atoms. The van der Waals surface area contributed by atoms with Gasteiger partial charge in [-0.1, -0.05) is 24.3 Å². The third-order valence-electron chi connectivity index (χ3n) is 6.45. The molecule has 2 aromatic carbocycles. The molecule has 2 aliphatic heterocycles. The van der Waals surface area contributed by atoms with Crippen LogP contribution in [0.2, 0.25) is 0 Å². The van der Waals surface area contributed by atoms with E-state index in [1.165, 1.54) is 5.56 Å². The summed E-state index contributed by atoms with van der Waals surface area (Å²) < 4.78 is 18.8. The first-order chi connectivity index (χ1) is 16.7. The van der Waals surface area contributed by atoms with E-state index >= 15 is 0 Å². The van der Waals surface area contributed by atoms with Gasteiger partial charge in [0.25, 0.3) is 5.91 Å². The molecule has 1 aromatic heterocycles. The molecule has 0 spiro atoms. The van der Waals surface area contributed by atoms with E-state index in [-0.39, 0.29) is 12.7 Å². The smallest absolute Gasteiger partial charge is 0.270 e. The van der Waals surface area contributed by atoms with Crippen molar-refractivity contribution in [2.45, 2.75) is 26.9 Å². The van der Waals surface area contributed by atoms with Gasteiger partial charge in [-0.3, -0.25) is 9.69 Å². The van der Waals surface area contributed by atoms with E-state index in [1.807, 2.05) is 49.1 Å². The van der Waals surface area contributed by atoms with Gasteiger partial charge in [0.15, 0.2) is 11.5 Å². The number of aromatic nitrogens is 1. The predicted molar refractivity (Wildman–Crippen MR) is 132 cm³/mol. The molecule has 1 fully saturated rings. The van der Waals surface area contributed by atoms with Crippen molar-refractivity contribution in [2.24, 2.45) is 0 Å². The number of ether oxygens (including phenoxy) is 3. The highest BCUT2D eigenvalue weighted by Gasteiger charge is 2.26. The van der Waals surface area contributed by atoms with Gasteiger partial charge in [0.05, 0.1) is 12.1 Å². The molecule has 0 atom stereocenters. The molecule has 2 aliphatic rings. The van der Waals surface area contributed by atoms with E-state index in [1.54, 1.807) is 0 Å². The summed E-state index contributed by atoms with van der Waals surface area (Å²) in [5, 5.41) is 0.985. The van der Waals surface area contributed by atoms with Crippen LogP contribution in [0.15, 0.2) is 54.6 Å². The number of benzene rings is 2. The fourth-order valence-electron chi connectivity index (χ4n) is 4.69. The number of hydrogen-bond donors (Lipinski definition) is 0. The lowest BCUT2D eigenvalue weighted by atomic mass is 10.1. The summed E-state index contributed by atoms with van der Waals surface area (Å²) in [4.78, 5) is 18.0. The standard InChI is InChI=1S/C27H31N3O4/c1-3-5-11-30-22-7-6-8-24(32-4-2)21(22)17-23(30)27(31)29-14-12-28(13-15-29)18-20-9-10-25-26(16-20)34-19-33-25/h3,5-10,16-17H,4,11-15,18-19H2,1-2H3/b5-3-. The van der Waals surface area contributed by atoms with Crippen LogP contribution in [0.25, 0.3) is 10.9 Å². The third kappa shape index (κ3) is 4.35. The Kier molecular flexibility index (Phi) is 6.45. The van der Waals surface area contributed by atoms with E-state index in [0.29, 0.717) is 31.9 Å². The second-order valence-corrected chi connectivity index (χ2v) is 8.59. The number of hydrogen-bond acceptors (Lipinski definition) is 5. The Morgan fingerprint density at radius 2 is 1.88 bits per heavy atom. The first-order valence-electron chi connectivity index (χ1n) is 11.9. The van der Waals surface area contributed by atoms with Crippen LogP contribution in [0.1, 0.15) is 29.9 Å². The highest BCUT2D eigenvalue weighted by atomic mass is 16.7. The molecule has 0 N–H and O–H groups in total. The van der Waals surface area contributed by atoms with Crippen LogP contribution in [-0.4, -0.2) is 59.9 Å². The van der Waals surface area contributed by atoms with Crippen molar-refractivity contribution in [1.29, 1.82) is 0 Å². The Hall–Kier alpha value is -3.45. The highest BCUT2D eigenvalue weighted by molar-refractivity contribution is 6.00. The second-order valence-electron chi connectivity index (χ2n) is 8.59. The van der Waals surface area contributed by atoms with Gasteiger partial charge in [-0.05, 0) is 49.7 Å². The van der Waals surface area contributed by atoms with E-state index < -0.39 is 0 Å². The Labute approximate surface area is 200 Å². The van der Waals surface area contributed by atoms with Crippen molar-refractivity contribution in [1.82, 2.24) is 14.4 Å². The molecule has 1 amide bonds. The zero-order chi connectivity index (χ0) is 23.5. The van der Waals surface area contributed by atoms with Gasteiger partial charge >= 0.3 is 0 Å².